The fourth-order valence-electron chi connectivity index (χ4n) is 1.95. The molecular formula is C14H17FN2O2S2. The van der Waals surface area contributed by atoms with Crippen molar-refractivity contribution >= 4 is 21.4 Å². The van der Waals surface area contributed by atoms with Gasteiger partial charge in [-0.05, 0) is 32.2 Å². The van der Waals surface area contributed by atoms with E-state index in [-0.39, 0.29) is 4.21 Å². The van der Waals surface area contributed by atoms with Gasteiger partial charge in [0.25, 0.3) is 10.0 Å². The first-order valence-electron chi connectivity index (χ1n) is 6.44. The monoisotopic (exact) mass is 328 g/mol. The molecule has 2 rings (SSSR count). The molecule has 114 valence electrons. The van der Waals surface area contributed by atoms with E-state index in [1.807, 2.05) is 0 Å². The zero-order chi connectivity index (χ0) is 15.5. The van der Waals surface area contributed by atoms with Crippen LogP contribution in [0.1, 0.15) is 23.4 Å². The molecule has 0 aliphatic carbocycles. The first kappa shape index (κ1) is 16.1. The summed E-state index contributed by atoms with van der Waals surface area (Å²) in [4.78, 5) is 0.927. The Balaban J connectivity index is 2.18. The molecule has 0 radical (unpaired) electrons. The molecule has 1 heterocycles. The summed E-state index contributed by atoms with van der Waals surface area (Å²) in [5, 5.41) is 2.97. The van der Waals surface area contributed by atoms with Crippen molar-refractivity contribution in [1.82, 2.24) is 10.0 Å². The third kappa shape index (κ3) is 3.88. The molecule has 0 saturated carbocycles. The van der Waals surface area contributed by atoms with Crippen molar-refractivity contribution in [3.63, 3.8) is 0 Å². The zero-order valence-corrected chi connectivity index (χ0v) is 13.4. The van der Waals surface area contributed by atoms with Gasteiger partial charge in [-0.15, -0.1) is 11.3 Å². The van der Waals surface area contributed by atoms with E-state index in [4.69, 9.17) is 0 Å². The molecule has 4 nitrogen and oxygen atoms in total. The van der Waals surface area contributed by atoms with Gasteiger partial charge < -0.3 is 5.32 Å². The highest BCUT2D eigenvalue weighted by Gasteiger charge is 2.21. The molecule has 0 bridgehead atoms. The lowest BCUT2D eigenvalue weighted by atomic mass is 10.1. The van der Waals surface area contributed by atoms with Gasteiger partial charge in [-0.1, -0.05) is 18.2 Å². The number of hydrogen-bond acceptors (Lipinski definition) is 4. The summed E-state index contributed by atoms with van der Waals surface area (Å²) in [5.41, 5.74) is 0.327. The third-order valence-corrected chi connectivity index (χ3v) is 6.07. The molecule has 2 N–H and O–H groups in total. The molecule has 0 saturated heterocycles. The van der Waals surface area contributed by atoms with Gasteiger partial charge in [-0.3, -0.25) is 0 Å². The summed E-state index contributed by atoms with van der Waals surface area (Å²) in [6.45, 7) is 2.24. The van der Waals surface area contributed by atoms with Gasteiger partial charge in [0, 0.05) is 23.0 Å². The quantitative estimate of drug-likeness (QED) is 0.857. The fraction of sp³-hybridized carbons (Fsp3) is 0.286. The van der Waals surface area contributed by atoms with E-state index in [1.54, 1.807) is 44.3 Å². The highest BCUT2D eigenvalue weighted by atomic mass is 32.2. The summed E-state index contributed by atoms with van der Waals surface area (Å²) in [6, 6.07) is 8.84. The van der Waals surface area contributed by atoms with Crippen molar-refractivity contribution in [3.05, 3.63) is 52.7 Å². The van der Waals surface area contributed by atoms with Gasteiger partial charge in [-0.2, -0.15) is 0 Å². The number of hydrogen-bond donors (Lipinski definition) is 2. The predicted octanol–water partition coefficient (Wildman–Crippen LogP) is 2.65. The SMILES string of the molecule is CNCc1ccc(S(=O)(=O)NC(C)c2ccccc2F)s1. The van der Waals surface area contributed by atoms with Gasteiger partial charge in [0.15, 0.2) is 0 Å². The third-order valence-electron chi connectivity index (χ3n) is 2.96. The Labute approximate surface area is 128 Å². The average molecular weight is 328 g/mol. The number of benzene rings is 1. The van der Waals surface area contributed by atoms with Crippen LogP contribution in [-0.4, -0.2) is 15.5 Å². The Kier molecular flexibility index (Phi) is 5.10. The molecule has 21 heavy (non-hydrogen) atoms. The first-order chi connectivity index (χ1) is 9.94. The molecule has 1 atom stereocenters. The smallest absolute Gasteiger partial charge is 0.250 e. The minimum Gasteiger partial charge on any atom is -0.315 e. The largest absolute Gasteiger partial charge is 0.315 e. The van der Waals surface area contributed by atoms with Crippen LogP contribution in [0.25, 0.3) is 0 Å². The van der Waals surface area contributed by atoms with Gasteiger partial charge in [0.05, 0.1) is 0 Å². The Morgan fingerprint density at radius 2 is 1.95 bits per heavy atom. The Morgan fingerprint density at radius 1 is 1.24 bits per heavy atom. The molecule has 2 aromatic rings. The van der Waals surface area contributed by atoms with Crippen LogP contribution in [0.15, 0.2) is 40.6 Å². The van der Waals surface area contributed by atoms with Crippen LogP contribution in [0.2, 0.25) is 0 Å². The lowest BCUT2D eigenvalue weighted by Crippen LogP contribution is -2.26. The second-order valence-electron chi connectivity index (χ2n) is 4.62. The predicted molar refractivity (Wildman–Crippen MR) is 82.2 cm³/mol. The molecule has 0 amide bonds. The number of nitrogens with one attached hydrogen (secondary N) is 2. The lowest BCUT2D eigenvalue weighted by molar-refractivity contribution is 0.551. The van der Waals surface area contributed by atoms with Crippen molar-refractivity contribution in [1.29, 1.82) is 0 Å². The molecule has 0 fully saturated rings. The Bertz CT molecular complexity index is 713. The van der Waals surface area contributed by atoms with Crippen molar-refractivity contribution < 1.29 is 12.8 Å². The first-order valence-corrected chi connectivity index (χ1v) is 8.74. The summed E-state index contributed by atoms with van der Waals surface area (Å²) >= 11 is 1.20. The van der Waals surface area contributed by atoms with Crippen molar-refractivity contribution in [2.24, 2.45) is 0 Å². The normalized spacial score (nSPS) is 13.3. The minimum atomic E-state index is -3.65. The van der Waals surface area contributed by atoms with E-state index in [1.165, 1.54) is 17.4 Å². The van der Waals surface area contributed by atoms with Crippen LogP contribution in [0.5, 0.6) is 0 Å². The highest BCUT2D eigenvalue weighted by molar-refractivity contribution is 7.91. The summed E-state index contributed by atoms with van der Waals surface area (Å²) in [5.74, 6) is -0.422. The number of thiophene rings is 1. The summed E-state index contributed by atoms with van der Waals surface area (Å²) in [7, 11) is -1.85. The van der Waals surface area contributed by atoms with Gasteiger partial charge in [0.2, 0.25) is 0 Å². The van der Waals surface area contributed by atoms with Crippen LogP contribution >= 0.6 is 11.3 Å². The van der Waals surface area contributed by atoms with E-state index in [9.17, 15) is 12.8 Å². The lowest BCUT2D eigenvalue weighted by Gasteiger charge is -2.14. The zero-order valence-electron chi connectivity index (χ0n) is 11.8. The van der Waals surface area contributed by atoms with Crippen LogP contribution < -0.4 is 10.0 Å². The second-order valence-corrected chi connectivity index (χ2v) is 7.72. The molecule has 1 aromatic carbocycles. The van der Waals surface area contributed by atoms with Gasteiger partial charge >= 0.3 is 0 Å². The number of sulfonamides is 1. The number of halogens is 1. The van der Waals surface area contributed by atoms with Crippen LogP contribution in [0.4, 0.5) is 4.39 Å². The maximum absolute atomic E-state index is 13.7. The molecular weight excluding hydrogens is 311 g/mol. The van der Waals surface area contributed by atoms with Crippen molar-refractivity contribution in [2.45, 2.75) is 23.7 Å². The average Bonchev–Trinajstić information content (AvgIpc) is 2.88. The standard InChI is InChI=1S/C14H17FN2O2S2/c1-10(12-5-3-4-6-13(12)15)17-21(18,19)14-8-7-11(20-14)9-16-2/h3-8,10,16-17H,9H2,1-2H3. The van der Waals surface area contributed by atoms with E-state index in [2.05, 4.69) is 10.0 Å². The Hall–Kier alpha value is -1.28. The van der Waals surface area contributed by atoms with E-state index < -0.39 is 21.9 Å². The van der Waals surface area contributed by atoms with Crippen LogP contribution in [-0.2, 0) is 16.6 Å². The van der Waals surface area contributed by atoms with Crippen LogP contribution in [0.3, 0.4) is 0 Å². The summed E-state index contributed by atoms with van der Waals surface area (Å²) in [6.07, 6.45) is 0. The van der Waals surface area contributed by atoms with Crippen molar-refractivity contribution in [2.75, 3.05) is 7.05 Å². The topological polar surface area (TPSA) is 58.2 Å². The van der Waals surface area contributed by atoms with Gasteiger partial charge in [0.1, 0.15) is 10.0 Å². The molecule has 0 aliphatic heterocycles. The van der Waals surface area contributed by atoms with Crippen molar-refractivity contribution in [3.8, 4) is 0 Å². The molecule has 1 unspecified atom stereocenters. The van der Waals surface area contributed by atoms with E-state index in [0.29, 0.717) is 12.1 Å². The number of rotatable bonds is 6. The molecule has 7 heteroatoms. The fourth-order valence-corrected chi connectivity index (χ4v) is 4.56. The van der Waals surface area contributed by atoms with Gasteiger partial charge in [-0.25, -0.2) is 17.5 Å². The summed E-state index contributed by atoms with van der Waals surface area (Å²) < 4.78 is 41.0. The molecule has 1 aromatic heterocycles. The minimum absolute atomic E-state index is 0.232. The van der Waals surface area contributed by atoms with E-state index in [0.717, 1.165) is 4.88 Å². The maximum atomic E-state index is 13.7. The maximum Gasteiger partial charge on any atom is 0.250 e. The van der Waals surface area contributed by atoms with E-state index >= 15 is 0 Å². The Morgan fingerprint density at radius 3 is 2.62 bits per heavy atom. The van der Waals surface area contributed by atoms with Crippen LogP contribution in [0, 0.1) is 5.82 Å². The highest BCUT2D eigenvalue weighted by Crippen LogP contribution is 2.24. The molecule has 0 spiro atoms. The second kappa shape index (κ2) is 6.65. The molecule has 0 aliphatic rings.